The highest BCUT2D eigenvalue weighted by atomic mass is 35.5. The summed E-state index contributed by atoms with van der Waals surface area (Å²) in [5, 5.41) is 24.7. The Morgan fingerprint density at radius 3 is 2.89 bits per heavy atom. The van der Waals surface area contributed by atoms with E-state index in [0.717, 1.165) is 0 Å². The van der Waals surface area contributed by atoms with Gasteiger partial charge < -0.3 is 5.11 Å². The van der Waals surface area contributed by atoms with E-state index in [1.165, 1.54) is 10.7 Å². The van der Waals surface area contributed by atoms with Gasteiger partial charge in [-0.05, 0) is 6.07 Å². The molecule has 1 unspecified atom stereocenters. The fraction of sp³-hybridized carbons (Fsp3) is 0.300. The predicted octanol–water partition coefficient (Wildman–Crippen LogP) is 2.20. The fourth-order valence-corrected chi connectivity index (χ4v) is 2.09. The number of nitrogens with zero attached hydrogens (tertiary/aromatic N) is 3. The number of alkyl halides is 1. The van der Waals surface area contributed by atoms with Crippen molar-refractivity contribution in [3.63, 3.8) is 0 Å². The van der Waals surface area contributed by atoms with Crippen LogP contribution in [-0.2, 0) is 6.54 Å². The third-order valence-electron chi connectivity index (χ3n) is 2.47. The number of nitro benzene ring substituents is 1. The average molecular weight is 290 g/mol. The molecule has 0 aliphatic rings. The van der Waals surface area contributed by atoms with Gasteiger partial charge in [0.2, 0.25) is 0 Å². The number of aromatic nitrogens is 2. The van der Waals surface area contributed by atoms with E-state index in [-0.39, 0.29) is 28.7 Å². The number of benzene rings is 1. The third kappa shape index (κ3) is 2.27. The number of non-ortho nitro benzene ring substituents is 1. The molecule has 0 spiro atoms. The Morgan fingerprint density at radius 1 is 1.56 bits per heavy atom. The molecule has 2 rings (SSSR count). The largest absolute Gasteiger partial charge is 0.390 e. The molecule has 0 fully saturated rings. The number of hydrogen-bond donors (Lipinski definition) is 1. The molecule has 1 aromatic heterocycles. The van der Waals surface area contributed by atoms with Crippen LogP contribution in [0.1, 0.15) is 0 Å². The molecule has 1 N–H and O–H groups in total. The second-order valence-corrected chi connectivity index (χ2v) is 4.38. The molecule has 0 saturated carbocycles. The van der Waals surface area contributed by atoms with E-state index in [1.54, 1.807) is 12.1 Å². The van der Waals surface area contributed by atoms with Crippen LogP contribution in [0.4, 0.5) is 5.69 Å². The lowest BCUT2D eigenvalue weighted by molar-refractivity contribution is -0.383. The molecule has 8 heteroatoms. The van der Waals surface area contributed by atoms with Gasteiger partial charge >= 0.3 is 0 Å². The first kappa shape index (κ1) is 13.1. The zero-order chi connectivity index (χ0) is 13.3. The molecule has 6 nitrogen and oxygen atoms in total. The molecule has 1 aromatic carbocycles. The van der Waals surface area contributed by atoms with Gasteiger partial charge in [-0.25, -0.2) is 0 Å². The molecule has 0 saturated heterocycles. The van der Waals surface area contributed by atoms with Crippen molar-refractivity contribution in [2.24, 2.45) is 0 Å². The molecule has 0 aliphatic heterocycles. The molecule has 96 valence electrons. The zero-order valence-corrected chi connectivity index (χ0v) is 10.6. The lowest BCUT2D eigenvalue weighted by atomic mass is 10.2. The molecule has 0 radical (unpaired) electrons. The SMILES string of the molecule is O=[N+]([O-])c1cccc2c1c(Cl)nn2CC(O)CCl. The first-order chi connectivity index (χ1) is 8.54. The first-order valence-corrected chi connectivity index (χ1v) is 5.99. The molecule has 18 heavy (non-hydrogen) atoms. The Balaban J connectivity index is 2.58. The van der Waals surface area contributed by atoms with Gasteiger partial charge in [0, 0.05) is 6.07 Å². The quantitative estimate of drug-likeness (QED) is 0.531. The lowest BCUT2D eigenvalue weighted by Gasteiger charge is -2.07. The maximum Gasteiger partial charge on any atom is 0.281 e. The van der Waals surface area contributed by atoms with Crippen LogP contribution >= 0.6 is 23.2 Å². The molecule has 0 bridgehead atoms. The molecule has 0 amide bonds. The number of halogens is 2. The van der Waals surface area contributed by atoms with Gasteiger partial charge in [-0.15, -0.1) is 11.6 Å². The van der Waals surface area contributed by atoms with Gasteiger partial charge in [-0.2, -0.15) is 5.10 Å². The van der Waals surface area contributed by atoms with Crippen molar-refractivity contribution >= 4 is 39.8 Å². The zero-order valence-electron chi connectivity index (χ0n) is 9.08. The van der Waals surface area contributed by atoms with Crippen molar-refractivity contribution in [3.8, 4) is 0 Å². The predicted molar refractivity (Wildman–Crippen MR) is 68.1 cm³/mol. The molecular weight excluding hydrogens is 281 g/mol. The van der Waals surface area contributed by atoms with Crippen LogP contribution < -0.4 is 0 Å². The highest BCUT2D eigenvalue weighted by molar-refractivity contribution is 6.35. The van der Waals surface area contributed by atoms with E-state index in [0.29, 0.717) is 5.52 Å². The highest BCUT2D eigenvalue weighted by Crippen LogP contribution is 2.31. The molecular formula is C10H9Cl2N3O3. The Kier molecular flexibility index (Phi) is 3.70. The summed E-state index contributed by atoms with van der Waals surface area (Å²) in [4.78, 5) is 10.4. The van der Waals surface area contributed by atoms with Gasteiger partial charge in [-0.1, -0.05) is 17.7 Å². The number of hydrogen-bond acceptors (Lipinski definition) is 4. The van der Waals surface area contributed by atoms with Crippen molar-refractivity contribution < 1.29 is 10.0 Å². The number of nitro groups is 1. The van der Waals surface area contributed by atoms with Gasteiger partial charge in [0.15, 0.2) is 5.15 Å². The van der Waals surface area contributed by atoms with Crippen LogP contribution in [0.25, 0.3) is 10.9 Å². The van der Waals surface area contributed by atoms with Crippen LogP contribution in [0.2, 0.25) is 5.15 Å². The van der Waals surface area contributed by atoms with E-state index in [4.69, 9.17) is 23.2 Å². The monoisotopic (exact) mass is 289 g/mol. The maximum atomic E-state index is 10.9. The lowest BCUT2D eigenvalue weighted by Crippen LogP contribution is -2.18. The average Bonchev–Trinajstić information content (AvgIpc) is 2.66. The molecule has 2 aromatic rings. The summed E-state index contributed by atoms with van der Waals surface area (Å²) >= 11 is 11.4. The third-order valence-corrected chi connectivity index (χ3v) is 3.09. The van der Waals surface area contributed by atoms with E-state index in [1.807, 2.05) is 0 Å². The molecule has 0 aliphatic carbocycles. The second-order valence-electron chi connectivity index (χ2n) is 3.71. The van der Waals surface area contributed by atoms with Crippen molar-refractivity contribution in [1.82, 2.24) is 9.78 Å². The molecule has 1 atom stereocenters. The van der Waals surface area contributed by atoms with E-state index in [9.17, 15) is 15.2 Å². The smallest absolute Gasteiger partial charge is 0.281 e. The number of aliphatic hydroxyl groups is 1. The van der Waals surface area contributed by atoms with Crippen molar-refractivity contribution in [3.05, 3.63) is 33.5 Å². The standard InChI is InChI=1S/C10H9Cl2N3O3/c11-4-6(16)5-14-7-2-1-3-8(15(17)18)9(7)10(12)13-14/h1-3,6,16H,4-5H2. The topological polar surface area (TPSA) is 81.2 Å². The van der Waals surface area contributed by atoms with Crippen LogP contribution in [-0.4, -0.2) is 31.8 Å². The summed E-state index contributed by atoms with van der Waals surface area (Å²) in [6.45, 7) is 0.133. The maximum absolute atomic E-state index is 10.9. The summed E-state index contributed by atoms with van der Waals surface area (Å²) in [6.07, 6.45) is -0.787. The summed E-state index contributed by atoms with van der Waals surface area (Å²) in [7, 11) is 0. The summed E-state index contributed by atoms with van der Waals surface area (Å²) < 4.78 is 1.41. The summed E-state index contributed by atoms with van der Waals surface area (Å²) in [5.41, 5.74) is 0.391. The molecule has 1 heterocycles. The Morgan fingerprint density at radius 2 is 2.28 bits per heavy atom. The van der Waals surface area contributed by atoms with Crippen molar-refractivity contribution in [2.75, 3.05) is 5.88 Å². The van der Waals surface area contributed by atoms with E-state index in [2.05, 4.69) is 5.10 Å². The Bertz CT molecular complexity index is 599. The Hall–Kier alpha value is -1.37. The normalized spacial score (nSPS) is 12.8. The minimum absolute atomic E-state index is 0.0408. The summed E-state index contributed by atoms with van der Waals surface area (Å²) in [5.74, 6) is 0.0495. The minimum Gasteiger partial charge on any atom is -0.390 e. The van der Waals surface area contributed by atoms with Crippen molar-refractivity contribution in [2.45, 2.75) is 12.6 Å². The van der Waals surface area contributed by atoms with Gasteiger partial charge in [0.1, 0.15) is 5.39 Å². The highest BCUT2D eigenvalue weighted by Gasteiger charge is 2.20. The van der Waals surface area contributed by atoms with Gasteiger partial charge in [-0.3, -0.25) is 14.8 Å². The van der Waals surface area contributed by atoms with Crippen LogP contribution in [0, 0.1) is 10.1 Å². The van der Waals surface area contributed by atoms with E-state index >= 15 is 0 Å². The van der Waals surface area contributed by atoms with Gasteiger partial charge in [0.05, 0.1) is 29.0 Å². The second kappa shape index (κ2) is 5.09. The first-order valence-electron chi connectivity index (χ1n) is 5.08. The number of fused-ring (bicyclic) bond motifs is 1. The van der Waals surface area contributed by atoms with Crippen LogP contribution in [0.5, 0.6) is 0 Å². The Labute approximate surface area is 112 Å². The number of aliphatic hydroxyl groups excluding tert-OH is 1. The van der Waals surface area contributed by atoms with E-state index < -0.39 is 11.0 Å². The van der Waals surface area contributed by atoms with Crippen molar-refractivity contribution in [1.29, 1.82) is 0 Å². The number of rotatable bonds is 4. The summed E-state index contributed by atoms with van der Waals surface area (Å²) in [6, 6.07) is 4.56. The van der Waals surface area contributed by atoms with Crippen LogP contribution in [0.15, 0.2) is 18.2 Å². The van der Waals surface area contributed by atoms with Crippen LogP contribution in [0.3, 0.4) is 0 Å². The van der Waals surface area contributed by atoms with Gasteiger partial charge in [0.25, 0.3) is 5.69 Å². The minimum atomic E-state index is -0.787. The fourth-order valence-electron chi connectivity index (χ4n) is 1.70.